The van der Waals surface area contributed by atoms with Crippen LogP contribution in [-0.2, 0) is 9.71 Å². The first-order chi connectivity index (χ1) is 12.3. The second-order valence-electron chi connectivity index (χ2n) is 5.69. The summed E-state index contributed by atoms with van der Waals surface area (Å²) in [4.78, 5) is 8.39. The number of hydrogen-bond donors (Lipinski definition) is 3. The molecular formula is C17H17FN4O3S. The summed E-state index contributed by atoms with van der Waals surface area (Å²) < 4.78 is 33.3. The Morgan fingerprint density at radius 2 is 2.04 bits per heavy atom. The van der Waals surface area contributed by atoms with Crippen LogP contribution in [0.2, 0.25) is 0 Å². The first-order valence-corrected chi connectivity index (χ1v) is 9.58. The topological polar surface area (TPSA) is 96.4 Å². The molecule has 0 amide bonds. The van der Waals surface area contributed by atoms with E-state index in [1.54, 1.807) is 12.1 Å². The highest BCUT2D eigenvalue weighted by molar-refractivity contribution is 8.00. The van der Waals surface area contributed by atoms with Crippen LogP contribution < -0.4 is 14.8 Å². The first-order valence-electron chi connectivity index (χ1n) is 7.45. The van der Waals surface area contributed by atoms with Crippen molar-refractivity contribution in [2.24, 2.45) is 0 Å². The fourth-order valence-electron chi connectivity index (χ4n) is 2.46. The van der Waals surface area contributed by atoms with Crippen molar-refractivity contribution in [3.8, 4) is 11.5 Å². The van der Waals surface area contributed by atoms with Gasteiger partial charge in [-0.3, -0.25) is 0 Å². The number of halogens is 1. The largest absolute Gasteiger partial charge is 0.506 e. The van der Waals surface area contributed by atoms with Crippen LogP contribution in [0, 0.1) is 5.82 Å². The molecule has 1 unspecified atom stereocenters. The number of rotatable bonds is 5. The van der Waals surface area contributed by atoms with Gasteiger partial charge in [-0.2, -0.15) is 0 Å². The Morgan fingerprint density at radius 1 is 1.27 bits per heavy atom. The monoisotopic (exact) mass is 376 g/mol. The van der Waals surface area contributed by atoms with Crippen molar-refractivity contribution in [1.82, 2.24) is 9.97 Å². The van der Waals surface area contributed by atoms with E-state index >= 15 is 0 Å². The number of hydrogen-bond acceptors (Lipinski definition) is 6. The molecule has 0 spiro atoms. The van der Waals surface area contributed by atoms with E-state index in [1.165, 1.54) is 31.8 Å². The molecule has 0 aliphatic carbocycles. The second-order valence-corrected chi connectivity index (χ2v) is 7.90. The van der Waals surface area contributed by atoms with E-state index in [2.05, 4.69) is 25.9 Å². The SMILES string of the molecule is C=S(C)(=O)Nc1cc(OC)c2c(Nc3ccc(F)cc3O)ncnc2c1. The summed E-state index contributed by atoms with van der Waals surface area (Å²) in [7, 11) is -0.988. The average molecular weight is 376 g/mol. The molecule has 2 aromatic carbocycles. The summed E-state index contributed by atoms with van der Waals surface area (Å²) in [5.74, 6) is 3.56. The van der Waals surface area contributed by atoms with Crippen molar-refractivity contribution in [3.05, 3.63) is 42.5 Å². The molecule has 0 radical (unpaired) electrons. The normalized spacial score (nSPS) is 13.2. The molecule has 136 valence electrons. The molecule has 0 bridgehead atoms. The van der Waals surface area contributed by atoms with Crippen LogP contribution in [0.15, 0.2) is 36.7 Å². The predicted octanol–water partition coefficient (Wildman–Crippen LogP) is 2.90. The van der Waals surface area contributed by atoms with Crippen LogP contribution in [0.3, 0.4) is 0 Å². The Bertz CT molecular complexity index is 1090. The number of benzene rings is 2. The van der Waals surface area contributed by atoms with Gasteiger partial charge >= 0.3 is 0 Å². The Balaban J connectivity index is 2.12. The molecule has 1 atom stereocenters. The maximum Gasteiger partial charge on any atom is 0.145 e. The summed E-state index contributed by atoms with van der Waals surface area (Å²) in [6.45, 7) is 0. The lowest BCUT2D eigenvalue weighted by molar-refractivity contribution is 0.420. The molecule has 0 saturated heterocycles. The summed E-state index contributed by atoms with van der Waals surface area (Å²) >= 11 is 0. The molecule has 3 N–H and O–H groups in total. The summed E-state index contributed by atoms with van der Waals surface area (Å²) in [6.07, 6.45) is 2.82. The molecule has 1 heterocycles. The zero-order valence-corrected chi connectivity index (χ0v) is 14.9. The number of aromatic nitrogens is 2. The third-order valence-electron chi connectivity index (χ3n) is 3.47. The van der Waals surface area contributed by atoms with Crippen molar-refractivity contribution in [2.45, 2.75) is 0 Å². The third-order valence-corrected chi connectivity index (χ3v) is 4.14. The minimum atomic E-state index is -2.47. The highest BCUT2D eigenvalue weighted by Gasteiger charge is 2.14. The minimum Gasteiger partial charge on any atom is -0.506 e. The molecular weight excluding hydrogens is 359 g/mol. The van der Waals surface area contributed by atoms with Gasteiger partial charge in [-0.25, -0.2) is 18.6 Å². The number of methoxy groups -OCH3 is 1. The Hall–Kier alpha value is -3.07. The van der Waals surface area contributed by atoms with Crippen LogP contribution in [0.1, 0.15) is 0 Å². The molecule has 7 nitrogen and oxygen atoms in total. The standard InChI is InChI=1S/C17H17FN4O3S/c1-25-15-8-11(22-26(2,3)24)7-13-16(15)17(20-9-19-13)21-12-5-4-10(18)6-14(12)23/h4-9,23H,2H2,1,3H3,(H,22,24)(H,19,20,21). The van der Waals surface area contributed by atoms with Gasteiger partial charge in [0, 0.05) is 28.1 Å². The van der Waals surface area contributed by atoms with E-state index in [-0.39, 0.29) is 11.4 Å². The Labute approximate surface area is 150 Å². The average Bonchev–Trinajstić information content (AvgIpc) is 2.55. The zero-order valence-electron chi connectivity index (χ0n) is 14.1. The van der Waals surface area contributed by atoms with E-state index in [0.717, 1.165) is 6.07 Å². The van der Waals surface area contributed by atoms with E-state index < -0.39 is 15.5 Å². The lowest BCUT2D eigenvalue weighted by atomic mass is 10.2. The number of nitrogens with zero attached hydrogens (tertiary/aromatic N) is 2. The van der Waals surface area contributed by atoms with Gasteiger partial charge in [-0.1, -0.05) is 0 Å². The molecule has 3 rings (SSSR count). The summed E-state index contributed by atoms with van der Waals surface area (Å²) in [6, 6.07) is 6.95. The Kier molecular flexibility index (Phi) is 4.56. The van der Waals surface area contributed by atoms with Gasteiger partial charge in [0.15, 0.2) is 0 Å². The first kappa shape index (κ1) is 17.7. The van der Waals surface area contributed by atoms with Crippen molar-refractivity contribution in [2.75, 3.05) is 23.4 Å². The molecule has 26 heavy (non-hydrogen) atoms. The van der Waals surface area contributed by atoms with Crippen LogP contribution >= 0.6 is 0 Å². The fraction of sp³-hybridized carbons (Fsp3) is 0.118. The number of fused-ring (bicyclic) bond motifs is 1. The fourth-order valence-corrected chi connectivity index (χ4v) is 3.07. The van der Waals surface area contributed by atoms with E-state index in [4.69, 9.17) is 4.74 Å². The van der Waals surface area contributed by atoms with E-state index in [9.17, 15) is 13.7 Å². The van der Waals surface area contributed by atoms with Gasteiger partial charge in [-0.05, 0) is 24.1 Å². The highest BCUT2D eigenvalue weighted by atomic mass is 32.2. The number of aromatic hydroxyl groups is 1. The number of phenols is 1. The van der Waals surface area contributed by atoms with Crippen molar-refractivity contribution in [3.63, 3.8) is 0 Å². The van der Waals surface area contributed by atoms with E-state index in [1.807, 2.05) is 0 Å². The summed E-state index contributed by atoms with van der Waals surface area (Å²) in [5, 5.41) is 13.4. The number of phenolic OH excluding ortho intramolecular Hbond substituents is 1. The van der Waals surface area contributed by atoms with Gasteiger partial charge < -0.3 is 19.9 Å². The van der Waals surface area contributed by atoms with E-state index in [0.29, 0.717) is 28.2 Å². The van der Waals surface area contributed by atoms with Gasteiger partial charge in [0.1, 0.15) is 29.5 Å². The second kappa shape index (κ2) is 6.68. The lowest BCUT2D eigenvalue weighted by Gasteiger charge is -2.15. The van der Waals surface area contributed by atoms with Gasteiger partial charge in [-0.15, -0.1) is 0 Å². The molecule has 0 aliphatic rings. The zero-order chi connectivity index (χ0) is 18.9. The van der Waals surface area contributed by atoms with Crippen molar-refractivity contribution < 1.29 is 18.4 Å². The lowest BCUT2D eigenvalue weighted by Crippen LogP contribution is -2.09. The third kappa shape index (κ3) is 3.77. The van der Waals surface area contributed by atoms with Gasteiger partial charge in [0.25, 0.3) is 0 Å². The molecule has 0 saturated carbocycles. The molecule has 0 fully saturated rings. The Morgan fingerprint density at radius 3 is 2.69 bits per heavy atom. The molecule has 1 aromatic heterocycles. The number of ether oxygens (including phenoxy) is 1. The molecule has 3 aromatic rings. The molecule has 9 heteroatoms. The maximum absolute atomic E-state index is 13.2. The maximum atomic E-state index is 13.2. The number of nitrogens with one attached hydrogen (secondary N) is 2. The predicted molar refractivity (Wildman–Crippen MR) is 102 cm³/mol. The summed E-state index contributed by atoms with van der Waals surface area (Å²) in [5.41, 5.74) is 1.34. The van der Waals surface area contributed by atoms with Crippen molar-refractivity contribution >= 4 is 43.7 Å². The van der Waals surface area contributed by atoms with Crippen LogP contribution in [0.5, 0.6) is 11.5 Å². The van der Waals surface area contributed by atoms with Crippen LogP contribution in [0.25, 0.3) is 10.9 Å². The van der Waals surface area contributed by atoms with Crippen molar-refractivity contribution in [1.29, 1.82) is 0 Å². The highest BCUT2D eigenvalue weighted by Crippen LogP contribution is 2.36. The minimum absolute atomic E-state index is 0.253. The van der Waals surface area contributed by atoms with Gasteiger partial charge in [0.2, 0.25) is 0 Å². The van der Waals surface area contributed by atoms with Crippen LogP contribution in [0.4, 0.5) is 21.6 Å². The quantitative estimate of drug-likeness (QED) is 0.468. The van der Waals surface area contributed by atoms with Crippen LogP contribution in [-0.4, -0.2) is 38.5 Å². The smallest absolute Gasteiger partial charge is 0.145 e. The molecule has 0 aliphatic heterocycles. The van der Waals surface area contributed by atoms with Gasteiger partial charge in [0.05, 0.1) is 29.4 Å². The number of anilines is 3.